The second-order valence-corrected chi connectivity index (χ2v) is 4.70. The van der Waals surface area contributed by atoms with Crippen LogP contribution in [0.4, 0.5) is 0 Å². The molecule has 0 aliphatic heterocycles. The van der Waals surface area contributed by atoms with Crippen LogP contribution in [0.2, 0.25) is 0 Å². The molecular weight excluding hydrogens is 302 g/mol. The number of halogens is 2. The fourth-order valence-electron chi connectivity index (χ4n) is 0.945. The van der Waals surface area contributed by atoms with Crippen molar-refractivity contribution in [3.05, 3.63) is 21.7 Å². The topological polar surface area (TPSA) is 64.9 Å². The van der Waals surface area contributed by atoms with Gasteiger partial charge in [0.05, 0.1) is 10.9 Å². The molecular formula is C8H9BrClN3OS. The van der Waals surface area contributed by atoms with Crippen molar-refractivity contribution in [3.8, 4) is 10.8 Å². The summed E-state index contributed by atoms with van der Waals surface area (Å²) >= 11 is 4.90. The van der Waals surface area contributed by atoms with Crippen LogP contribution in [0.5, 0.6) is 0 Å². The van der Waals surface area contributed by atoms with Crippen LogP contribution in [0, 0.1) is 0 Å². The first-order valence-corrected chi connectivity index (χ1v) is 5.67. The van der Waals surface area contributed by atoms with E-state index in [0.717, 1.165) is 9.35 Å². The summed E-state index contributed by atoms with van der Waals surface area (Å²) in [4.78, 5) is 5.12. The Morgan fingerprint density at radius 1 is 1.60 bits per heavy atom. The number of nitrogens with zero attached hydrogens (tertiary/aromatic N) is 2. The van der Waals surface area contributed by atoms with Gasteiger partial charge in [-0.25, -0.2) is 0 Å². The zero-order valence-corrected chi connectivity index (χ0v) is 11.0. The standard InChI is InChI=1S/C8H8BrN3OS.ClH/c1-4(10)7-11-8(13-12-7)6-2-5(9)3-14-6;/h2-4H,10H2,1H3;1H. The monoisotopic (exact) mass is 309 g/mol. The number of thiophene rings is 1. The lowest BCUT2D eigenvalue weighted by molar-refractivity contribution is 0.419. The molecule has 0 saturated carbocycles. The van der Waals surface area contributed by atoms with Gasteiger partial charge in [0.15, 0.2) is 5.82 Å². The van der Waals surface area contributed by atoms with Crippen LogP contribution >= 0.6 is 39.7 Å². The van der Waals surface area contributed by atoms with Gasteiger partial charge >= 0.3 is 0 Å². The van der Waals surface area contributed by atoms with Crippen molar-refractivity contribution in [2.24, 2.45) is 5.73 Å². The van der Waals surface area contributed by atoms with E-state index in [1.807, 2.05) is 18.4 Å². The van der Waals surface area contributed by atoms with Crippen molar-refractivity contribution in [1.29, 1.82) is 0 Å². The first-order chi connectivity index (χ1) is 6.66. The summed E-state index contributed by atoms with van der Waals surface area (Å²) in [7, 11) is 0. The molecule has 0 spiro atoms. The number of nitrogens with two attached hydrogens (primary N) is 1. The van der Waals surface area contributed by atoms with E-state index in [1.165, 1.54) is 0 Å². The summed E-state index contributed by atoms with van der Waals surface area (Å²) < 4.78 is 6.09. The minimum Gasteiger partial charge on any atom is -0.333 e. The summed E-state index contributed by atoms with van der Waals surface area (Å²) in [6.45, 7) is 1.82. The molecule has 0 aromatic carbocycles. The molecule has 1 unspecified atom stereocenters. The van der Waals surface area contributed by atoms with Crippen molar-refractivity contribution < 1.29 is 4.52 Å². The van der Waals surface area contributed by atoms with Crippen LogP contribution in [0.1, 0.15) is 18.8 Å². The van der Waals surface area contributed by atoms with Crippen molar-refractivity contribution in [2.75, 3.05) is 0 Å². The molecule has 0 aliphatic carbocycles. The molecule has 0 bridgehead atoms. The summed E-state index contributed by atoms with van der Waals surface area (Å²) in [6, 6.07) is 1.74. The molecule has 0 saturated heterocycles. The van der Waals surface area contributed by atoms with Crippen LogP contribution in [-0.4, -0.2) is 10.1 Å². The maximum absolute atomic E-state index is 5.62. The average molecular weight is 311 g/mol. The van der Waals surface area contributed by atoms with Gasteiger partial charge in [0.25, 0.3) is 5.89 Å². The second kappa shape index (κ2) is 5.07. The predicted octanol–water partition coefficient (Wildman–Crippen LogP) is 3.00. The fraction of sp³-hybridized carbons (Fsp3) is 0.250. The summed E-state index contributed by atoms with van der Waals surface area (Å²) in [5.74, 6) is 1.05. The van der Waals surface area contributed by atoms with E-state index >= 15 is 0 Å². The van der Waals surface area contributed by atoms with Crippen LogP contribution < -0.4 is 5.73 Å². The normalized spacial score (nSPS) is 12.2. The Morgan fingerprint density at radius 3 is 2.80 bits per heavy atom. The van der Waals surface area contributed by atoms with E-state index in [-0.39, 0.29) is 18.4 Å². The molecule has 15 heavy (non-hydrogen) atoms. The highest BCUT2D eigenvalue weighted by atomic mass is 79.9. The molecule has 0 aliphatic rings. The molecule has 2 heterocycles. The van der Waals surface area contributed by atoms with Crippen molar-refractivity contribution in [2.45, 2.75) is 13.0 Å². The minimum absolute atomic E-state index is 0. The average Bonchev–Trinajstić information content (AvgIpc) is 2.70. The van der Waals surface area contributed by atoms with Crippen molar-refractivity contribution in [1.82, 2.24) is 10.1 Å². The summed E-state index contributed by atoms with van der Waals surface area (Å²) in [6.07, 6.45) is 0. The molecule has 0 amide bonds. The maximum atomic E-state index is 5.62. The van der Waals surface area contributed by atoms with Crippen molar-refractivity contribution >= 4 is 39.7 Å². The Bertz CT molecular complexity index is 443. The first-order valence-electron chi connectivity index (χ1n) is 4.00. The van der Waals surface area contributed by atoms with Crippen LogP contribution in [-0.2, 0) is 0 Å². The zero-order chi connectivity index (χ0) is 10.1. The lowest BCUT2D eigenvalue weighted by atomic mass is 10.3. The van der Waals surface area contributed by atoms with Gasteiger partial charge in [-0.2, -0.15) is 4.98 Å². The predicted molar refractivity (Wildman–Crippen MR) is 65.2 cm³/mol. The molecule has 82 valence electrons. The number of hydrogen-bond donors (Lipinski definition) is 1. The van der Waals surface area contributed by atoms with E-state index in [9.17, 15) is 0 Å². The summed E-state index contributed by atoms with van der Waals surface area (Å²) in [5.41, 5.74) is 5.62. The lowest BCUT2D eigenvalue weighted by Crippen LogP contribution is -2.06. The third-order valence-corrected chi connectivity index (χ3v) is 3.31. The molecule has 2 aromatic rings. The number of aromatic nitrogens is 2. The highest BCUT2D eigenvalue weighted by Gasteiger charge is 2.12. The molecule has 0 fully saturated rings. The third-order valence-electron chi connectivity index (χ3n) is 1.63. The molecule has 2 aromatic heterocycles. The number of hydrogen-bond acceptors (Lipinski definition) is 5. The molecule has 7 heteroatoms. The molecule has 4 nitrogen and oxygen atoms in total. The van der Waals surface area contributed by atoms with E-state index in [4.69, 9.17) is 10.3 Å². The van der Waals surface area contributed by atoms with Gasteiger partial charge < -0.3 is 10.3 Å². The van der Waals surface area contributed by atoms with Gasteiger partial charge in [0, 0.05) is 9.85 Å². The molecule has 2 rings (SSSR count). The zero-order valence-electron chi connectivity index (χ0n) is 7.81. The molecule has 0 radical (unpaired) electrons. The SMILES string of the molecule is CC(N)c1noc(-c2cc(Br)cs2)n1.Cl. The van der Waals surface area contributed by atoms with Gasteiger partial charge in [-0.3, -0.25) is 0 Å². The van der Waals surface area contributed by atoms with E-state index in [0.29, 0.717) is 11.7 Å². The Hall–Kier alpha value is -0.430. The lowest BCUT2D eigenvalue weighted by Gasteiger charge is -1.92. The first kappa shape index (κ1) is 12.6. The van der Waals surface area contributed by atoms with Gasteiger partial charge in [-0.15, -0.1) is 23.7 Å². The Labute approximate surface area is 105 Å². The van der Waals surface area contributed by atoms with Crippen LogP contribution in [0.15, 0.2) is 20.4 Å². The quantitative estimate of drug-likeness (QED) is 0.926. The Kier molecular flexibility index (Phi) is 4.27. The highest BCUT2D eigenvalue weighted by Crippen LogP contribution is 2.28. The van der Waals surface area contributed by atoms with Crippen LogP contribution in [0.3, 0.4) is 0 Å². The van der Waals surface area contributed by atoms with Crippen molar-refractivity contribution in [3.63, 3.8) is 0 Å². The number of rotatable bonds is 2. The van der Waals surface area contributed by atoms with Crippen LogP contribution in [0.25, 0.3) is 10.8 Å². The largest absolute Gasteiger partial charge is 0.333 e. The molecule has 1 atom stereocenters. The highest BCUT2D eigenvalue weighted by molar-refractivity contribution is 9.10. The maximum Gasteiger partial charge on any atom is 0.268 e. The van der Waals surface area contributed by atoms with E-state index in [1.54, 1.807) is 11.3 Å². The Morgan fingerprint density at radius 2 is 2.33 bits per heavy atom. The van der Waals surface area contributed by atoms with E-state index in [2.05, 4.69) is 26.1 Å². The Balaban J connectivity index is 0.00000112. The molecule has 2 N–H and O–H groups in total. The van der Waals surface area contributed by atoms with Gasteiger partial charge in [-0.1, -0.05) is 5.16 Å². The summed E-state index contributed by atoms with van der Waals surface area (Å²) in [5, 5.41) is 5.74. The van der Waals surface area contributed by atoms with E-state index < -0.39 is 0 Å². The van der Waals surface area contributed by atoms with Gasteiger partial charge in [-0.05, 0) is 28.9 Å². The second-order valence-electron chi connectivity index (χ2n) is 2.88. The fourth-order valence-corrected chi connectivity index (χ4v) is 2.29. The van der Waals surface area contributed by atoms with Gasteiger partial charge in [0.2, 0.25) is 0 Å². The van der Waals surface area contributed by atoms with Gasteiger partial charge in [0.1, 0.15) is 0 Å². The smallest absolute Gasteiger partial charge is 0.268 e. The minimum atomic E-state index is -0.198. The third kappa shape index (κ3) is 2.78.